The van der Waals surface area contributed by atoms with E-state index in [1.165, 1.54) is 13.0 Å². The van der Waals surface area contributed by atoms with Crippen molar-refractivity contribution in [2.24, 2.45) is 0 Å². The van der Waals surface area contributed by atoms with E-state index >= 15 is 0 Å². The molecular formula is C22H18N2O5. The summed E-state index contributed by atoms with van der Waals surface area (Å²) < 4.78 is 10.7. The lowest BCUT2D eigenvalue weighted by Crippen LogP contribution is -2.30. The maximum atomic E-state index is 12.7. The number of nitriles is 1. The Morgan fingerprint density at radius 2 is 1.93 bits per heavy atom. The number of rotatable bonds is 5. The van der Waals surface area contributed by atoms with Crippen molar-refractivity contribution in [1.29, 1.82) is 5.26 Å². The molecule has 7 nitrogen and oxygen atoms in total. The number of hydrogen-bond donors (Lipinski definition) is 2. The predicted octanol–water partition coefficient (Wildman–Crippen LogP) is 3.06. The molecule has 0 spiro atoms. The first kappa shape index (κ1) is 19.7. The van der Waals surface area contributed by atoms with Crippen LogP contribution in [0.1, 0.15) is 18.1 Å². The van der Waals surface area contributed by atoms with Crippen LogP contribution in [0.4, 0.5) is 0 Å². The molecule has 29 heavy (non-hydrogen) atoms. The van der Waals surface area contributed by atoms with Gasteiger partial charge in [0, 0.05) is 16.7 Å². The van der Waals surface area contributed by atoms with Crippen LogP contribution in [0.2, 0.25) is 0 Å². The van der Waals surface area contributed by atoms with Gasteiger partial charge >= 0.3 is 5.97 Å². The SMILES string of the molecule is C=C(C)C(=O)OCCNC(=O)C(C#N)=C1c2ccccc2Oc2cccc(O)c21. The van der Waals surface area contributed by atoms with Gasteiger partial charge in [-0.3, -0.25) is 4.79 Å². The molecule has 0 unspecified atom stereocenters. The Kier molecular flexibility index (Phi) is 5.65. The maximum Gasteiger partial charge on any atom is 0.333 e. The van der Waals surface area contributed by atoms with E-state index in [4.69, 9.17) is 9.47 Å². The Morgan fingerprint density at radius 3 is 2.66 bits per heavy atom. The van der Waals surface area contributed by atoms with Crippen molar-refractivity contribution in [3.05, 3.63) is 71.3 Å². The van der Waals surface area contributed by atoms with Crippen LogP contribution >= 0.6 is 0 Å². The normalized spacial score (nSPS) is 13.1. The van der Waals surface area contributed by atoms with E-state index in [9.17, 15) is 20.0 Å². The molecule has 0 fully saturated rings. The lowest BCUT2D eigenvalue weighted by molar-refractivity contribution is -0.139. The number of carbonyl (C=O) groups excluding carboxylic acids is 2. The van der Waals surface area contributed by atoms with Crippen molar-refractivity contribution >= 4 is 17.4 Å². The average molecular weight is 390 g/mol. The Balaban J connectivity index is 1.95. The molecule has 1 aliphatic rings. The zero-order chi connectivity index (χ0) is 21.0. The number of nitrogens with one attached hydrogen (secondary N) is 1. The summed E-state index contributed by atoms with van der Waals surface area (Å²) in [6, 6.07) is 13.6. The maximum absolute atomic E-state index is 12.7. The van der Waals surface area contributed by atoms with Crippen LogP contribution in [0.5, 0.6) is 17.2 Å². The fourth-order valence-electron chi connectivity index (χ4n) is 2.87. The smallest absolute Gasteiger partial charge is 0.333 e. The first-order valence-electron chi connectivity index (χ1n) is 8.78. The molecule has 1 aliphatic heterocycles. The Bertz CT molecular complexity index is 1080. The van der Waals surface area contributed by atoms with Crippen LogP contribution in [-0.2, 0) is 14.3 Å². The predicted molar refractivity (Wildman–Crippen MR) is 105 cm³/mol. The molecule has 146 valence electrons. The fraction of sp³-hybridized carbons (Fsp3) is 0.136. The van der Waals surface area contributed by atoms with Gasteiger partial charge in [-0.25, -0.2) is 4.79 Å². The minimum Gasteiger partial charge on any atom is -0.507 e. The number of phenols is 1. The molecule has 0 atom stereocenters. The Labute approximate surface area is 167 Å². The molecule has 2 N–H and O–H groups in total. The summed E-state index contributed by atoms with van der Waals surface area (Å²) in [6.45, 7) is 4.95. The summed E-state index contributed by atoms with van der Waals surface area (Å²) in [5.74, 6) is -0.510. The topological polar surface area (TPSA) is 109 Å². The van der Waals surface area contributed by atoms with Gasteiger partial charge < -0.3 is 19.9 Å². The Hall–Kier alpha value is -4.05. The van der Waals surface area contributed by atoms with E-state index in [0.717, 1.165) is 0 Å². The highest BCUT2D eigenvalue weighted by molar-refractivity contribution is 6.10. The summed E-state index contributed by atoms with van der Waals surface area (Å²) in [7, 11) is 0. The second-order valence-electron chi connectivity index (χ2n) is 6.28. The van der Waals surface area contributed by atoms with E-state index in [0.29, 0.717) is 17.1 Å². The van der Waals surface area contributed by atoms with Crippen molar-refractivity contribution < 1.29 is 24.2 Å². The summed E-state index contributed by atoms with van der Waals surface area (Å²) in [6.07, 6.45) is 0. The van der Waals surface area contributed by atoms with Gasteiger partial charge in [-0.2, -0.15) is 5.26 Å². The third-order valence-corrected chi connectivity index (χ3v) is 4.19. The summed E-state index contributed by atoms with van der Waals surface area (Å²) in [5.41, 5.74) is 1.13. The van der Waals surface area contributed by atoms with Gasteiger partial charge in [0.25, 0.3) is 5.91 Å². The highest BCUT2D eigenvalue weighted by Gasteiger charge is 2.29. The number of phenolic OH excluding ortho intramolecular Hbond substituents is 1. The van der Waals surface area contributed by atoms with Crippen LogP contribution in [0.25, 0.3) is 5.57 Å². The quantitative estimate of drug-likeness (QED) is 0.300. The third kappa shape index (κ3) is 3.96. The van der Waals surface area contributed by atoms with Crippen LogP contribution in [0.15, 0.2) is 60.2 Å². The van der Waals surface area contributed by atoms with E-state index in [2.05, 4.69) is 11.9 Å². The van der Waals surface area contributed by atoms with Gasteiger partial charge in [0.15, 0.2) is 0 Å². The van der Waals surface area contributed by atoms with Gasteiger partial charge in [-0.05, 0) is 25.1 Å². The lowest BCUT2D eigenvalue weighted by Gasteiger charge is -2.24. The van der Waals surface area contributed by atoms with Crippen LogP contribution < -0.4 is 10.1 Å². The summed E-state index contributed by atoms with van der Waals surface area (Å²) >= 11 is 0. The van der Waals surface area contributed by atoms with Crippen molar-refractivity contribution in [3.8, 4) is 23.3 Å². The minimum absolute atomic E-state index is 0.0160. The number of aromatic hydroxyl groups is 1. The number of amides is 1. The first-order chi connectivity index (χ1) is 13.9. The third-order valence-electron chi connectivity index (χ3n) is 4.19. The van der Waals surface area contributed by atoms with Gasteiger partial charge in [-0.1, -0.05) is 30.8 Å². The largest absolute Gasteiger partial charge is 0.507 e. The highest BCUT2D eigenvalue weighted by Crippen LogP contribution is 2.48. The number of benzene rings is 2. The molecular weight excluding hydrogens is 372 g/mol. The monoisotopic (exact) mass is 390 g/mol. The van der Waals surface area contributed by atoms with E-state index in [1.54, 1.807) is 36.4 Å². The fourth-order valence-corrected chi connectivity index (χ4v) is 2.87. The second kappa shape index (κ2) is 8.31. The minimum atomic E-state index is -0.653. The van der Waals surface area contributed by atoms with E-state index < -0.39 is 11.9 Å². The lowest BCUT2D eigenvalue weighted by atomic mass is 9.89. The molecule has 1 amide bonds. The van der Waals surface area contributed by atoms with Crippen LogP contribution in [-0.4, -0.2) is 30.1 Å². The number of carbonyl (C=O) groups is 2. The molecule has 0 aromatic heterocycles. The van der Waals surface area contributed by atoms with Gasteiger partial charge in [0.1, 0.15) is 35.5 Å². The molecule has 0 radical (unpaired) electrons. The highest BCUT2D eigenvalue weighted by atomic mass is 16.5. The molecule has 0 saturated carbocycles. The van der Waals surface area contributed by atoms with Crippen molar-refractivity contribution in [1.82, 2.24) is 5.32 Å². The molecule has 2 aromatic carbocycles. The Morgan fingerprint density at radius 1 is 1.21 bits per heavy atom. The summed E-state index contributed by atoms with van der Waals surface area (Å²) in [4.78, 5) is 24.1. The number of ether oxygens (including phenoxy) is 2. The second-order valence-corrected chi connectivity index (χ2v) is 6.28. The molecule has 2 aromatic rings. The standard InChI is InChI=1S/C22H18N2O5/c1-13(2)22(27)28-11-10-24-21(26)15(12-23)19-14-6-3-4-8-17(14)29-18-9-5-7-16(25)20(18)19/h3-9,25H,1,10-11H2,2H3,(H,24,26). The molecule has 0 saturated heterocycles. The number of esters is 1. The number of hydrogen-bond acceptors (Lipinski definition) is 6. The molecule has 7 heteroatoms. The number of fused-ring (bicyclic) bond motifs is 2. The number of nitrogens with zero attached hydrogens (tertiary/aromatic N) is 1. The zero-order valence-corrected chi connectivity index (χ0v) is 15.7. The number of para-hydroxylation sites is 1. The van der Waals surface area contributed by atoms with Gasteiger partial charge in [0.2, 0.25) is 0 Å². The van der Waals surface area contributed by atoms with Gasteiger partial charge in [-0.15, -0.1) is 0 Å². The van der Waals surface area contributed by atoms with E-state index in [-0.39, 0.29) is 41.2 Å². The molecule has 0 aliphatic carbocycles. The van der Waals surface area contributed by atoms with Crippen molar-refractivity contribution in [3.63, 3.8) is 0 Å². The molecule has 0 bridgehead atoms. The van der Waals surface area contributed by atoms with Crippen LogP contribution in [0, 0.1) is 11.3 Å². The van der Waals surface area contributed by atoms with E-state index in [1.807, 2.05) is 6.07 Å². The zero-order valence-electron chi connectivity index (χ0n) is 15.7. The average Bonchev–Trinajstić information content (AvgIpc) is 2.71. The summed E-state index contributed by atoms with van der Waals surface area (Å²) in [5, 5.41) is 22.7. The van der Waals surface area contributed by atoms with Crippen molar-refractivity contribution in [2.45, 2.75) is 6.92 Å². The molecule has 3 rings (SSSR count). The van der Waals surface area contributed by atoms with Crippen LogP contribution in [0.3, 0.4) is 0 Å². The first-order valence-corrected chi connectivity index (χ1v) is 8.78. The van der Waals surface area contributed by atoms with Crippen molar-refractivity contribution in [2.75, 3.05) is 13.2 Å². The molecule has 1 heterocycles. The van der Waals surface area contributed by atoms with Gasteiger partial charge in [0.05, 0.1) is 12.1 Å².